The summed E-state index contributed by atoms with van der Waals surface area (Å²) in [6.07, 6.45) is 10.8. The van der Waals surface area contributed by atoms with Crippen LogP contribution in [0.1, 0.15) is 92.7 Å². The van der Waals surface area contributed by atoms with Crippen LogP contribution >= 0.6 is 0 Å². The summed E-state index contributed by atoms with van der Waals surface area (Å²) in [5.41, 5.74) is 3.07. The lowest BCUT2D eigenvalue weighted by Crippen LogP contribution is -2.50. The molecule has 1 amide bonds. The highest BCUT2D eigenvalue weighted by molar-refractivity contribution is 5.68. The molecule has 3 unspecified atom stereocenters. The SMILES string of the molecule is COC(=O)N1CCCC(c2nn(C3CCCCO3)cc2CO)C1COC1CCC(c2ccccc2)CC1. The summed E-state index contributed by atoms with van der Waals surface area (Å²) in [6, 6.07) is 10.6. The summed E-state index contributed by atoms with van der Waals surface area (Å²) < 4.78 is 19.5. The van der Waals surface area contributed by atoms with E-state index in [1.165, 1.54) is 12.7 Å². The van der Waals surface area contributed by atoms with Crippen molar-refractivity contribution in [3.63, 3.8) is 0 Å². The van der Waals surface area contributed by atoms with Gasteiger partial charge in [-0.25, -0.2) is 9.48 Å². The Hall–Kier alpha value is -2.42. The van der Waals surface area contributed by atoms with Crippen molar-refractivity contribution < 1.29 is 24.1 Å². The molecule has 1 aromatic carbocycles. The van der Waals surface area contributed by atoms with Crippen molar-refractivity contribution in [1.29, 1.82) is 0 Å². The van der Waals surface area contributed by atoms with E-state index in [9.17, 15) is 9.90 Å². The second-order valence-corrected chi connectivity index (χ2v) is 10.7. The highest BCUT2D eigenvalue weighted by atomic mass is 16.5. The van der Waals surface area contributed by atoms with Gasteiger partial charge < -0.3 is 24.2 Å². The fourth-order valence-electron chi connectivity index (χ4n) is 6.41. The highest BCUT2D eigenvalue weighted by Gasteiger charge is 2.39. The summed E-state index contributed by atoms with van der Waals surface area (Å²) in [6.45, 7) is 1.72. The van der Waals surface area contributed by atoms with E-state index in [1.54, 1.807) is 4.90 Å². The van der Waals surface area contributed by atoms with Gasteiger partial charge in [0.2, 0.25) is 0 Å². The van der Waals surface area contributed by atoms with Gasteiger partial charge in [-0.05, 0) is 69.3 Å². The van der Waals surface area contributed by atoms with Crippen LogP contribution in [0.15, 0.2) is 36.5 Å². The Morgan fingerprint density at radius 2 is 1.89 bits per heavy atom. The van der Waals surface area contributed by atoms with Crippen LogP contribution in [0.25, 0.3) is 0 Å². The van der Waals surface area contributed by atoms with Crippen molar-refractivity contribution in [1.82, 2.24) is 14.7 Å². The molecule has 1 saturated carbocycles. The number of likely N-dealkylation sites (tertiary alicyclic amines) is 1. The molecule has 1 aromatic heterocycles. The third-order valence-electron chi connectivity index (χ3n) is 8.45. The molecular formula is C29H41N3O5. The van der Waals surface area contributed by atoms with E-state index in [1.807, 2.05) is 10.9 Å². The van der Waals surface area contributed by atoms with E-state index in [0.29, 0.717) is 19.1 Å². The van der Waals surface area contributed by atoms with Gasteiger partial charge in [-0.1, -0.05) is 30.3 Å². The van der Waals surface area contributed by atoms with Crippen LogP contribution in [0, 0.1) is 0 Å². The van der Waals surface area contributed by atoms with Gasteiger partial charge in [-0.2, -0.15) is 5.10 Å². The summed E-state index contributed by atoms with van der Waals surface area (Å²) in [5, 5.41) is 15.1. The van der Waals surface area contributed by atoms with Crippen LogP contribution < -0.4 is 0 Å². The van der Waals surface area contributed by atoms with E-state index < -0.39 is 0 Å². The Kier molecular flexibility index (Phi) is 8.79. The number of carbonyl (C=O) groups is 1. The molecule has 37 heavy (non-hydrogen) atoms. The zero-order valence-corrected chi connectivity index (χ0v) is 22.0. The Labute approximate surface area is 219 Å². The van der Waals surface area contributed by atoms with Gasteiger partial charge in [0.1, 0.15) is 6.23 Å². The molecule has 2 aromatic rings. The van der Waals surface area contributed by atoms with Crippen molar-refractivity contribution in [3.8, 4) is 0 Å². The number of hydrogen-bond acceptors (Lipinski definition) is 6. The predicted molar refractivity (Wildman–Crippen MR) is 139 cm³/mol. The average molecular weight is 512 g/mol. The number of aromatic nitrogens is 2. The molecule has 1 aliphatic carbocycles. The van der Waals surface area contributed by atoms with Crippen LogP contribution in [-0.2, 0) is 20.8 Å². The zero-order chi connectivity index (χ0) is 25.6. The maximum atomic E-state index is 12.8. The van der Waals surface area contributed by atoms with Crippen LogP contribution in [0.2, 0.25) is 0 Å². The number of methoxy groups -OCH3 is 1. The van der Waals surface area contributed by atoms with Gasteiger partial charge in [0.05, 0.1) is 38.2 Å². The van der Waals surface area contributed by atoms with Crippen LogP contribution in [0.4, 0.5) is 4.79 Å². The fraction of sp³-hybridized carbons (Fsp3) is 0.655. The molecule has 2 saturated heterocycles. The molecule has 1 N–H and O–H groups in total. The van der Waals surface area contributed by atoms with Gasteiger partial charge in [-0.15, -0.1) is 0 Å². The smallest absolute Gasteiger partial charge is 0.409 e. The van der Waals surface area contributed by atoms with Crippen molar-refractivity contribution in [2.75, 3.05) is 26.9 Å². The topological polar surface area (TPSA) is 86.1 Å². The molecule has 3 fully saturated rings. The summed E-state index contributed by atoms with van der Waals surface area (Å²) in [5.74, 6) is 0.564. The molecule has 3 heterocycles. The first-order chi connectivity index (χ1) is 18.2. The Morgan fingerprint density at radius 3 is 2.59 bits per heavy atom. The molecule has 8 nitrogen and oxygen atoms in total. The normalized spacial score (nSPS) is 28.7. The fourth-order valence-corrected chi connectivity index (χ4v) is 6.41. The standard InChI is InChI=1S/C29H41N3O5/c1-35-29(34)31-16-7-10-25(28-23(19-33)18-32(30-28)27-11-5-6-17-36-27)26(31)20-37-24-14-12-22(13-15-24)21-8-3-2-4-9-21/h2-4,8-9,18,22,24-27,33H,5-7,10-17,19-20H2,1H3. The largest absolute Gasteiger partial charge is 0.453 e. The van der Waals surface area contributed by atoms with Crippen LogP contribution in [0.3, 0.4) is 0 Å². The second-order valence-electron chi connectivity index (χ2n) is 10.7. The van der Waals surface area contributed by atoms with Gasteiger partial charge in [0, 0.05) is 30.8 Å². The number of carbonyl (C=O) groups excluding carboxylic acids is 1. The number of amides is 1. The zero-order valence-electron chi connectivity index (χ0n) is 22.0. The van der Waals surface area contributed by atoms with E-state index >= 15 is 0 Å². The van der Waals surface area contributed by atoms with Gasteiger partial charge in [-0.3, -0.25) is 0 Å². The van der Waals surface area contributed by atoms with E-state index in [-0.39, 0.29) is 37.0 Å². The first kappa shape index (κ1) is 26.2. The number of nitrogens with zero attached hydrogens (tertiary/aromatic N) is 3. The average Bonchev–Trinajstić information content (AvgIpc) is 3.41. The van der Waals surface area contributed by atoms with Crippen molar-refractivity contribution in [2.45, 2.75) is 94.6 Å². The Bertz CT molecular complexity index is 998. The van der Waals surface area contributed by atoms with Crippen LogP contribution in [0.5, 0.6) is 0 Å². The highest BCUT2D eigenvalue weighted by Crippen LogP contribution is 2.38. The lowest BCUT2D eigenvalue weighted by Gasteiger charge is -2.41. The minimum Gasteiger partial charge on any atom is -0.453 e. The maximum Gasteiger partial charge on any atom is 0.409 e. The molecule has 8 heteroatoms. The summed E-state index contributed by atoms with van der Waals surface area (Å²) >= 11 is 0. The van der Waals surface area contributed by atoms with Gasteiger partial charge >= 0.3 is 6.09 Å². The number of aliphatic hydroxyl groups is 1. The predicted octanol–water partition coefficient (Wildman–Crippen LogP) is 5.13. The van der Waals surface area contributed by atoms with E-state index in [4.69, 9.17) is 19.3 Å². The molecule has 3 aliphatic rings. The van der Waals surface area contributed by atoms with Crippen molar-refractivity contribution in [2.24, 2.45) is 0 Å². The minimum absolute atomic E-state index is 0.0273. The number of benzene rings is 1. The number of piperidine rings is 1. The lowest BCUT2D eigenvalue weighted by molar-refractivity contribution is -0.0406. The monoisotopic (exact) mass is 511 g/mol. The molecule has 3 atom stereocenters. The molecule has 2 aliphatic heterocycles. The molecule has 0 bridgehead atoms. The third kappa shape index (κ3) is 6.02. The Morgan fingerprint density at radius 1 is 1.08 bits per heavy atom. The Balaban J connectivity index is 1.29. The molecule has 5 rings (SSSR count). The summed E-state index contributed by atoms with van der Waals surface area (Å²) in [4.78, 5) is 14.6. The molecule has 0 spiro atoms. The van der Waals surface area contributed by atoms with Gasteiger partial charge in [0.15, 0.2) is 0 Å². The number of hydrogen-bond donors (Lipinski definition) is 1. The quantitative estimate of drug-likeness (QED) is 0.555. The minimum atomic E-state index is -0.327. The lowest BCUT2D eigenvalue weighted by atomic mass is 9.82. The first-order valence-corrected chi connectivity index (χ1v) is 14.0. The van der Waals surface area contributed by atoms with Gasteiger partial charge in [0.25, 0.3) is 0 Å². The first-order valence-electron chi connectivity index (χ1n) is 14.0. The number of ether oxygens (including phenoxy) is 3. The van der Waals surface area contributed by atoms with Crippen LogP contribution in [-0.4, -0.2) is 64.9 Å². The maximum absolute atomic E-state index is 12.8. The molecule has 0 radical (unpaired) electrons. The number of rotatable bonds is 7. The van der Waals surface area contributed by atoms with Crippen molar-refractivity contribution in [3.05, 3.63) is 53.3 Å². The van der Waals surface area contributed by atoms with Crippen molar-refractivity contribution >= 4 is 6.09 Å². The second kappa shape index (κ2) is 12.4. The third-order valence-corrected chi connectivity index (χ3v) is 8.45. The van der Waals surface area contributed by atoms with E-state index in [0.717, 1.165) is 75.7 Å². The number of aliphatic hydroxyl groups excluding tert-OH is 1. The summed E-state index contributed by atoms with van der Waals surface area (Å²) in [7, 11) is 1.43. The molecule has 202 valence electrons. The van der Waals surface area contributed by atoms with E-state index in [2.05, 4.69) is 30.3 Å². The molecular weight excluding hydrogens is 470 g/mol.